The average molecular weight is 143 g/mol. The molecule has 0 heterocycles. The summed E-state index contributed by atoms with van der Waals surface area (Å²) in [5, 5.41) is 8.74. The van der Waals surface area contributed by atoms with E-state index in [-0.39, 0.29) is 12.6 Å². The zero-order chi connectivity index (χ0) is 7.98. The maximum absolute atomic E-state index is 8.74. The third-order valence-corrected chi connectivity index (χ3v) is 1.70. The molecule has 0 unspecified atom stereocenters. The van der Waals surface area contributed by atoms with Gasteiger partial charge in [0.2, 0.25) is 0 Å². The normalized spacial score (nSPS) is 13.6. The molecule has 1 atom stereocenters. The van der Waals surface area contributed by atoms with E-state index in [0.717, 1.165) is 13.0 Å². The summed E-state index contributed by atoms with van der Waals surface area (Å²) >= 11 is 0. The molecule has 0 aromatic carbocycles. The molecule has 0 fully saturated rings. The molecule has 2 nitrogen and oxygen atoms in total. The van der Waals surface area contributed by atoms with Crippen molar-refractivity contribution in [3.63, 3.8) is 0 Å². The molecule has 10 heavy (non-hydrogen) atoms. The maximum Gasteiger partial charge on any atom is 0.0584 e. The molecular formula is C8H17NO. The number of rotatable bonds is 5. The summed E-state index contributed by atoms with van der Waals surface area (Å²) in [7, 11) is 2.00. The van der Waals surface area contributed by atoms with Crippen LogP contribution >= 0.6 is 0 Å². The van der Waals surface area contributed by atoms with Crippen LogP contribution in [0, 0.1) is 0 Å². The molecule has 0 saturated carbocycles. The number of aliphatic hydroxyl groups is 1. The van der Waals surface area contributed by atoms with Crippen LogP contribution < -0.4 is 0 Å². The minimum Gasteiger partial charge on any atom is -0.395 e. The molecule has 0 rings (SSSR count). The molecule has 60 valence electrons. The highest BCUT2D eigenvalue weighted by atomic mass is 16.3. The Hall–Kier alpha value is -0.340. The Morgan fingerprint density at radius 2 is 2.30 bits per heavy atom. The zero-order valence-electron chi connectivity index (χ0n) is 6.88. The molecule has 0 amide bonds. The Balaban J connectivity index is 3.40. The summed E-state index contributed by atoms with van der Waals surface area (Å²) in [6.07, 6.45) is 2.88. The van der Waals surface area contributed by atoms with E-state index in [1.54, 1.807) is 0 Å². The van der Waals surface area contributed by atoms with Crippen molar-refractivity contribution in [1.29, 1.82) is 0 Å². The first-order valence-corrected chi connectivity index (χ1v) is 3.64. The van der Waals surface area contributed by atoms with Gasteiger partial charge in [-0.3, -0.25) is 0 Å². The lowest BCUT2D eigenvalue weighted by Gasteiger charge is -2.21. The van der Waals surface area contributed by atoms with Crippen LogP contribution in [0.2, 0.25) is 0 Å². The Kier molecular flexibility index (Phi) is 5.26. The van der Waals surface area contributed by atoms with Crippen molar-refractivity contribution >= 4 is 0 Å². The maximum atomic E-state index is 8.74. The predicted molar refractivity (Wildman–Crippen MR) is 44.0 cm³/mol. The van der Waals surface area contributed by atoms with Crippen LogP contribution in [-0.2, 0) is 0 Å². The molecule has 0 aromatic heterocycles. The molecule has 0 spiro atoms. The summed E-state index contributed by atoms with van der Waals surface area (Å²) < 4.78 is 0. The van der Waals surface area contributed by atoms with Gasteiger partial charge in [-0.15, -0.1) is 6.58 Å². The highest BCUT2D eigenvalue weighted by molar-refractivity contribution is 4.70. The quantitative estimate of drug-likeness (QED) is 0.577. The van der Waals surface area contributed by atoms with E-state index in [2.05, 4.69) is 11.5 Å². The molecule has 0 aliphatic rings. The van der Waals surface area contributed by atoms with E-state index in [9.17, 15) is 0 Å². The highest BCUT2D eigenvalue weighted by Gasteiger charge is 2.04. The minimum atomic E-state index is 0.230. The predicted octanol–water partition coefficient (Wildman–Crippen LogP) is 0.875. The van der Waals surface area contributed by atoms with Crippen molar-refractivity contribution in [3.05, 3.63) is 12.7 Å². The van der Waals surface area contributed by atoms with Gasteiger partial charge in [-0.1, -0.05) is 6.08 Å². The van der Waals surface area contributed by atoms with Crippen molar-refractivity contribution in [2.24, 2.45) is 0 Å². The zero-order valence-corrected chi connectivity index (χ0v) is 6.88. The number of nitrogens with zero attached hydrogens (tertiary/aromatic N) is 1. The van der Waals surface area contributed by atoms with Crippen molar-refractivity contribution in [1.82, 2.24) is 4.90 Å². The van der Waals surface area contributed by atoms with E-state index in [1.165, 1.54) is 0 Å². The molecular weight excluding hydrogens is 126 g/mol. The lowest BCUT2D eigenvalue weighted by molar-refractivity contribution is 0.161. The first kappa shape index (κ1) is 9.66. The van der Waals surface area contributed by atoms with Gasteiger partial charge in [0.25, 0.3) is 0 Å². The first-order chi connectivity index (χ1) is 4.72. The van der Waals surface area contributed by atoms with E-state index in [1.807, 2.05) is 20.0 Å². The Labute approximate surface area is 63.2 Å². The fourth-order valence-corrected chi connectivity index (χ4v) is 0.655. The number of aliphatic hydroxyl groups excluding tert-OH is 1. The number of likely N-dealkylation sites (N-methyl/N-ethyl adjacent to an activating group) is 1. The second-order valence-electron chi connectivity index (χ2n) is 2.59. The van der Waals surface area contributed by atoms with Gasteiger partial charge in [0.05, 0.1) is 6.61 Å². The SMILES string of the molecule is C=CCCN(C)[C@H](C)CO. The van der Waals surface area contributed by atoms with Gasteiger partial charge >= 0.3 is 0 Å². The monoisotopic (exact) mass is 143 g/mol. The topological polar surface area (TPSA) is 23.5 Å². The van der Waals surface area contributed by atoms with Gasteiger partial charge in [0.15, 0.2) is 0 Å². The highest BCUT2D eigenvalue weighted by Crippen LogP contribution is 1.95. The molecule has 0 aliphatic carbocycles. The summed E-state index contributed by atoms with van der Waals surface area (Å²) in [6, 6.07) is 0.264. The van der Waals surface area contributed by atoms with Crippen molar-refractivity contribution in [2.45, 2.75) is 19.4 Å². The van der Waals surface area contributed by atoms with E-state index in [4.69, 9.17) is 5.11 Å². The molecule has 0 radical (unpaired) electrons. The Morgan fingerprint density at radius 1 is 1.70 bits per heavy atom. The molecule has 0 aromatic rings. The standard InChI is InChI=1S/C8H17NO/c1-4-5-6-9(3)8(2)7-10/h4,8,10H,1,5-7H2,2-3H3/t8-/m1/s1. The minimum absolute atomic E-state index is 0.230. The summed E-state index contributed by atoms with van der Waals surface area (Å²) in [4.78, 5) is 2.11. The Bertz CT molecular complexity index is 93.3. The number of hydrogen-bond acceptors (Lipinski definition) is 2. The van der Waals surface area contributed by atoms with Gasteiger partial charge < -0.3 is 10.0 Å². The molecule has 1 N–H and O–H groups in total. The lowest BCUT2D eigenvalue weighted by Crippen LogP contribution is -2.32. The summed E-state index contributed by atoms with van der Waals surface area (Å²) in [6.45, 7) is 6.84. The third kappa shape index (κ3) is 3.64. The summed E-state index contributed by atoms with van der Waals surface area (Å²) in [5.74, 6) is 0. The van der Waals surface area contributed by atoms with Gasteiger partial charge in [0, 0.05) is 12.6 Å². The van der Waals surface area contributed by atoms with E-state index >= 15 is 0 Å². The van der Waals surface area contributed by atoms with Crippen LogP contribution in [0.3, 0.4) is 0 Å². The van der Waals surface area contributed by atoms with Gasteiger partial charge in [-0.2, -0.15) is 0 Å². The van der Waals surface area contributed by atoms with Crippen LogP contribution in [0.4, 0.5) is 0 Å². The third-order valence-electron chi connectivity index (χ3n) is 1.70. The van der Waals surface area contributed by atoms with Crippen LogP contribution in [0.5, 0.6) is 0 Å². The van der Waals surface area contributed by atoms with Gasteiger partial charge in [0.1, 0.15) is 0 Å². The summed E-state index contributed by atoms with van der Waals surface area (Å²) in [5.41, 5.74) is 0. The van der Waals surface area contributed by atoms with E-state index in [0.29, 0.717) is 0 Å². The fraction of sp³-hybridized carbons (Fsp3) is 0.750. The van der Waals surface area contributed by atoms with Crippen LogP contribution in [-0.4, -0.2) is 36.2 Å². The molecule has 0 bridgehead atoms. The van der Waals surface area contributed by atoms with Crippen LogP contribution in [0.25, 0.3) is 0 Å². The molecule has 0 aliphatic heterocycles. The lowest BCUT2D eigenvalue weighted by atomic mass is 10.3. The second kappa shape index (κ2) is 5.45. The van der Waals surface area contributed by atoms with Crippen molar-refractivity contribution in [2.75, 3.05) is 20.2 Å². The first-order valence-electron chi connectivity index (χ1n) is 3.64. The van der Waals surface area contributed by atoms with E-state index < -0.39 is 0 Å². The second-order valence-corrected chi connectivity index (χ2v) is 2.59. The average Bonchev–Trinajstić information content (AvgIpc) is 1.98. The van der Waals surface area contributed by atoms with Gasteiger partial charge in [-0.05, 0) is 20.4 Å². The Morgan fingerprint density at radius 3 is 2.70 bits per heavy atom. The van der Waals surface area contributed by atoms with Crippen molar-refractivity contribution in [3.8, 4) is 0 Å². The molecule has 0 saturated heterocycles. The van der Waals surface area contributed by atoms with Crippen LogP contribution in [0.1, 0.15) is 13.3 Å². The smallest absolute Gasteiger partial charge is 0.0584 e. The van der Waals surface area contributed by atoms with Crippen molar-refractivity contribution < 1.29 is 5.11 Å². The van der Waals surface area contributed by atoms with Crippen LogP contribution in [0.15, 0.2) is 12.7 Å². The largest absolute Gasteiger partial charge is 0.395 e. The number of hydrogen-bond donors (Lipinski definition) is 1. The molecule has 2 heteroatoms. The van der Waals surface area contributed by atoms with Gasteiger partial charge in [-0.25, -0.2) is 0 Å². The fourth-order valence-electron chi connectivity index (χ4n) is 0.655.